The summed E-state index contributed by atoms with van der Waals surface area (Å²) in [6, 6.07) is 0. The molecule has 0 unspecified atom stereocenters. The van der Waals surface area contributed by atoms with Crippen LogP contribution in [-0.2, 0) is 0 Å². The van der Waals surface area contributed by atoms with Crippen molar-refractivity contribution in [2.24, 2.45) is 17.1 Å². The van der Waals surface area contributed by atoms with Crippen molar-refractivity contribution in [3.8, 4) is 0 Å². The highest BCUT2D eigenvalue weighted by Crippen LogP contribution is 2.43. The number of hydrogen-bond acceptors (Lipinski definition) is 2. The quantitative estimate of drug-likeness (QED) is 0.695. The van der Waals surface area contributed by atoms with E-state index in [0.717, 1.165) is 12.5 Å². The van der Waals surface area contributed by atoms with E-state index in [0.29, 0.717) is 11.0 Å². The minimum absolute atomic E-state index is 0.298. The Bertz CT molecular complexity index is 264. The molecule has 0 atom stereocenters. The molecule has 21 heavy (non-hydrogen) atoms. The minimum Gasteiger partial charge on any atom is -0.329 e. The van der Waals surface area contributed by atoms with Crippen LogP contribution in [0.3, 0.4) is 0 Å². The summed E-state index contributed by atoms with van der Waals surface area (Å²) < 4.78 is 0. The van der Waals surface area contributed by atoms with Gasteiger partial charge in [-0.25, -0.2) is 0 Å². The van der Waals surface area contributed by atoms with E-state index >= 15 is 0 Å². The summed E-state index contributed by atoms with van der Waals surface area (Å²) in [6.07, 6.45) is 10.5. The van der Waals surface area contributed by atoms with E-state index in [1.165, 1.54) is 64.5 Å². The zero-order valence-corrected chi connectivity index (χ0v) is 15.4. The predicted octanol–water partition coefficient (Wildman–Crippen LogP) is 4.82. The lowest BCUT2D eigenvalue weighted by Crippen LogP contribution is -2.56. The predicted molar refractivity (Wildman–Crippen MR) is 94.6 cm³/mol. The van der Waals surface area contributed by atoms with E-state index in [1.54, 1.807) is 0 Å². The van der Waals surface area contributed by atoms with E-state index < -0.39 is 0 Å². The van der Waals surface area contributed by atoms with Crippen LogP contribution in [0.1, 0.15) is 86.0 Å². The Kier molecular flexibility index (Phi) is 7.70. The van der Waals surface area contributed by atoms with Gasteiger partial charge in [-0.05, 0) is 62.9 Å². The smallest absolute Gasteiger partial charge is 0.0331 e. The van der Waals surface area contributed by atoms with Crippen molar-refractivity contribution in [3.05, 3.63) is 0 Å². The number of nitrogens with zero attached hydrogens (tertiary/aromatic N) is 1. The molecule has 1 aliphatic carbocycles. The van der Waals surface area contributed by atoms with Crippen LogP contribution >= 0.6 is 0 Å². The second kappa shape index (κ2) is 8.53. The SMILES string of the molecule is CCCCN(CCCC)C1(CN)CCC(C(C)(C)C)CC1. The molecule has 0 aromatic rings. The molecule has 1 fully saturated rings. The number of rotatable bonds is 8. The number of unbranched alkanes of at least 4 members (excludes halogenated alkanes) is 2. The van der Waals surface area contributed by atoms with Gasteiger partial charge >= 0.3 is 0 Å². The Morgan fingerprint density at radius 2 is 1.48 bits per heavy atom. The average Bonchev–Trinajstić information content (AvgIpc) is 2.46. The van der Waals surface area contributed by atoms with Gasteiger partial charge in [0, 0.05) is 12.1 Å². The van der Waals surface area contributed by atoms with E-state index in [2.05, 4.69) is 39.5 Å². The molecule has 0 radical (unpaired) electrons. The van der Waals surface area contributed by atoms with Crippen LogP contribution in [0.25, 0.3) is 0 Å². The lowest BCUT2D eigenvalue weighted by atomic mass is 9.66. The molecule has 0 aromatic heterocycles. The molecule has 2 heteroatoms. The summed E-state index contributed by atoms with van der Waals surface area (Å²) >= 11 is 0. The molecule has 2 nitrogen and oxygen atoms in total. The first-order valence-electron chi connectivity index (χ1n) is 9.34. The van der Waals surface area contributed by atoms with Crippen LogP contribution in [0.15, 0.2) is 0 Å². The van der Waals surface area contributed by atoms with E-state index in [-0.39, 0.29) is 0 Å². The van der Waals surface area contributed by atoms with Crippen molar-refractivity contribution in [1.29, 1.82) is 0 Å². The summed E-state index contributed by atoms with van der Waals surface area (Å²) in [5.74, 6) is 0.872. The van der Waals surface area contributed by atoms with Crippen molar-refractivity contribution < 1.29 is 0 Å². The Morgan fingerprint density at radius 1 is 1.00 bits per heavy atom. The molecule has 0 saturated heterocycles. The van der Waals surface area contributed by atoms with Gasteiger partial charge in [0.05, 0.1) is 0 Å². The first-order valence-corrected chi connectivity index (χ1v) is 9.34. The van der Waals surface area contributed by atoms with Gasteiger partial charge in [-0.1, -0.05) is 47.5 Å². The van der Waals surface area contributed by atoms with Crippen LogP contribution in [0.2, 0.25) is 0 Å². The van der Waals surface area contributed by atoms with Crippen molar-refractivity contribution in [3.63, 3.8) is 0 Å². The normalized spacial score (nSPS) is 27.3. The van der Waals surface area contributed by atoms with Gasteiger partial charge in [0.2, 0.25) is 0 Å². The second-order valence-electron chi connectivity index (χ2n) is 8.26. The maximum absolute atomic E-state index is 6.30. The number of nitrogens with two attached hydrogens (primary N) is 1. The summed E-state index contributed by atoms with van der Waals surface area (Å²) in [6.45, 7) is 15.1. The first kappa shape index (κ1) is 19.0. The van der Waals surface area contributed by atoms with Crippen molar-refractivity contribution in [2.45, 2.75) is 91.5 Å². The lowest BCUT2D eigenvalue weighted by molar-refractivity contribution is 0.0191. The van der Waals surface area contributed by atoms with Gasteiger partial charge in [-0.15, -0.1) is 0 Å². The van der Waals surface area contributed by atoms with Gasteiger partial charge in [0.1, 0.15) is 0 Å². The zero-order valence-electron chi connectivity index (χ0n) is 15.4. The number of hydrogen-bond donors (Lipinski definition) is 1. The Hall–Kier alpha value is -0.0800. The Balaban J connectivity index is 2.72. The molecule has 2 N–H and O–H groups in total. The van der Waals surface area contributed by atoms with Crippen LogP contribution in [-0.4, -0.2) is 30.1 Å². The summed E-state index contributed by atoms with van der Waals surface area (Å²) in [5, 5.41) is 0. The van der Waals surface area contributed by atoms with Crippen molar-refractivity contribution >= 4 is 0 Å². The molecule has 126 valence electrons. The molecular formula is C19H40N2. The third-order valence-electron chi connectivity index (χ3n) is 5.76. The third-order valence-corrected chi connectivity index (χ3v) is 5.76. The summed E-state index contributed by atoms with van der Waals surface area (Å²) in [7, 11) is 0. The van der Waals surface area contributed by atoms with E-state index in [1.807, 2.05) is 0 Å². The van der Waals surface area contributed by atoms with Gasteiger partial charge < -0.3 is 5.73 Å². The fraction of sp³-hybridized carbons (Fsp3) is 1.00. The molecule has 0 aromatic carbocycles. The topological polar surface area (TPSA) is 29.3 Å². The van der Waals surface area contributed by atoms with Crippen LogP contribution in [0.5, 0.6) is 0 Å². The molecule has 0 bridgehead atoms. The fourth-order valence-corrected chi connectivity index (χ4v) is 3.95. The third kappa shape index (κ3) is 5.25. The van der Waals surface area contributed by atoms with Crippen LogP contribution in [0.4, 0.5) is 0 Å². The summed E-state index contributed by atoms with van der Waals surface area (Å²) in [4.78, 5) is 2.76. The molecule has 1 saturated carbocycles. The molecule has 0 heterocycles. The van der Waals surface area contributed by atoms with Gasteiger partial charge in [-0.2, -0.15) is 0 Å². The monoisotopic (exact) mass is 296 g/mol. The molecule has 0 spiro atoms. The largest absolute Gasteiger partial charge is 0.329 e. The van der Waals surface area contributed by atoms with Gasteiger partial charge in [-0.3, -0.25) is 4.90 Å². The summed E-state index contributed by atoms with van der Waals surface area (Å²) in [5.41, 5.74) is 7.05. The second-order valence-corrected chi connectivity index (χ2v) is 8.26. The molecule has 0 aliphatic heterocycles. The molecule has 1 rings (SSSR count). The zero-order chi connectivity index (χ0) is 15.9. The lowest BCUT2D eigenvalue weighted by Gasteiger charge is -2.50. The highest BCUT2D eigenvalue weighted by molar-refractivity contribution is 4.97. The van der Waals surface area contributed by atoms with E-state index in [4.69, 9.17) is 5.73 Å². The average molecular weight is 297 g/mol. The maximum atomic E-state index is 6.30. The van der Waals surface area contributed by atoms with Gasteiger partial charge in [0.15, 0.2) is 0 Å². The standard InChI is InChI=1S/C19H40N2/c1-6-8-14-21(15-9-7-2)19(16-20)12-10-17(11-13-19)18(3,4)5/h17H,6-16,20H2,1-5H3. The molecule has 1 aliphatic rings. The Labute approximate surface area is 133 Å². The molecular weight excluding hydrogens is 256 g/mol. The molecule has 0 amide bonds. The van der Waals surface area contributed by atoms with Crippen molar-refractivity contribution in [1.82, 2.24) is 4.90 Å². The van der Waals surface area contributed by atoms with Gasteiger partial charge in [0.25, 0.3) is 0 Å². The van der Waals surface area contributed by atoms with Crippen molar-refractivity contribution in [2.75, 3.05) is 19.6 Å². The minimum atomic E-state index is 0.298. The highest BCUT2D eigenvalue weighted by Gasteiger charge is 2.41. The highest BCUT2D eigenvalue weighted by atomic mass is 15.2. The van der Waals surface area contributed by atoms with Crippen LogP contribution < -0.4 is 5.73 Å². The maximum Gasteiger partial charge on any atom is 0.0331 e. The van der Waals surface area contributed by atoms with Crippen LogP contribution in [0, 0.1) is 11.3 Å². The first-order chi connectivity index (χ1) is 9.89. The fourth-order valence-electron chi connectivity index (χ4n) is 3.95. The van der Waals surface area contributed by atoms with E-state index in [9.17, 15) is 0 Å². The Morgan fingerprint density at radius 3 is 1.81 bits per heavy atom.